The van der Waals surface area contributed by atoms with Gasteiger partial charge in [-0.25, -0.2) is 0 Å². The summed E-state index contributed by atoms with van der Waals surface area (Å²) in [4.78, 5) is 18.8. The number of benzene rings is 2. The summed E-state index contributed by atoms with van der Waals surface area (Å²) < 4.78 is 0. The van der Waals surface area contributed by atoms with Gasteiger partial charge in [0.1, 0.15) is 0 Å². The van der Waals surface area contributed by atoms with Crippen LogP contribution in [0.2, 0.25) is 0 Å². The Bertz CT molecular complexity index is 1650. The molecule has 204 valence electrons. The van der Waals surface area contributed by atoms with Gasteiger partial charge in [0, 0.05) is 46.8 Å². The molecule has 10 rings (SSSR count). The summed E-state index contributed by atoms with van der Waals surface area (Å²) in [6, 6.07) is 21.2. The third kappa shape index (κ3) is 3.29. The number of hydrogen-bond donors (Lipinski definition) is 0. The first-order valence-corrected chi connectivity index (χ1v) is 15.3. The number of nitrogens with zero attached hydrogens (tertiary/aromatic N) is 4. The standard InChI is InChI=1S/2C19H16N2/c2*1-2-6-13(7-3-1)14-12-19(15-8-4-5-9-16(15)19)18-17(14)20-10-11-21-18/h2*1-7,10-12,15-16H,8-9H2/t2*15-,16+,19?. The lowest BCUT2D eigenvalue weighted by molar-refractivity contribution is 0.689. The summed E-state index contributed by atoms with van der Waals surface area (Å²) in [6.07, 6.45) is 26.3. The molecule has 6 aliphatic carbocycles. The largest absolute Gasteiger partial charge is 0.256 e. The van der Waals surface area contributed by atoms with Crippen LogP contribution in [0.1, 0.15) is 59.6 Å². The molecule has 42 heavy (non-hydrogen) atoms. The van der Waals surface area contributed by atoms with Crippen LogP contribution in [0.25, 0.3) is 11.1 Å². The van der Waals surface area contributed by atoms with Crippen molar-refractivity contribution in [1.82, 2.24) is 19.9 Å². The van der Waals surface area contributed by atoms with E-state index in [-0.39, 0.29) is 10.8 Å². The third-order valence-electron chi connectivity index (χ3n) is 10.8. The van der Waals surface area contributed by atoms with Crippen LogP contribution in [0.15, 0.2) is 122 Å². The fraction of sp³-hybridized carbons (Fsp3) is 0.263. The first-order chi connectivity index (χ1) is 20.8. The van der Waals surface area contributed by atoms with E-state index in [4.69, 9.17) is 9.97 Å². The Hall–Kier alpha value is -4.44. The van der Waals surface area contributed by atoms with E-state index in [9.17, 15) is 0 Å². The molecule has 2 unspecified atom stereocenters. The van der Waals surface area contributed by atoms with Gasteiger partial charge >= 0.3 is 0 Å². The van der Waals surface area contributed by atoms with E-state index < -0.39 is 0 Å². The van der Waals surface area contributed by atoms with Gasteiger partial charge in [-0.05, 0) is 60.5 Å². The molecule has 4 aromatic rings. The van der Waals surface area contributed by atoms with E-state index in [1.165, 1.54) is 59.3 Å². The monoisotopic (exact) mass is 544 g/mol. The fourth-order valence-electron chi connectivity index (χ4n) is 8.80. The number of fused-ring (bicyclic) bond motifs is 10. The molecule has 2 aromatic heterocycles. The van der Waals surface area contributed by atoms with Crippen LogP contribution in [0.5, 0.6) is 0 Å². The highest BCUT2D eigenvalue weighted by molar-refractivity contribution is 5.87. The number of aromatic nitrogens is 4. The second kappa shape index (κ2) is 9.03. The molecule has 2 saturated carbocycles. The fourth-order valence-corrected chi connectivity index (χ4v) is 8.80. The van der Waals surface area contributed by atoms with E-state index >= 15 is 0 Å². The minimum absolute atomic E-state index is 0.151. The minimum Gasteiger partial charge on any atom is -0.256 e. The zero-order chi connectivity index (χ0) is 27.7. The maximum Gasteiger partial charge on any atom is 0.0929 e. The maximum atomic E-state index is 4.73. The van der Waals surface area contributed by atoms with Crippen molar-refractivity contribution in [3.05, 3.63) is 156 Å². The van der Waals surface area contributed by atoms with Crippen LogP contribution in [0.4, 0.5) is 0 Å². The van der Waals surface area contributed by atoms with Crippen molar-refractivity contribution in [1.29, 1.82) is 0 Å². The predicted octanol–water partition coefficient (Wildman–Crippen LogP) is 7.51. The lowest BCUT2D eigenvalue weighted by atomic mass is 9.99. The molecule has 2 aromatic carbocycles. The highest BCUT2D eigenvalue weighted by atomic mass is 14.9. The van der Waals surface area contributed by atoms with Crippen molar-refractivity contribution in [3.63, 3.8) is 0 Å². The third-order valence-corrected chi connectivity index (χ3v) is 10.8. The summed E-state index contributed by atoms with van der Waals surface area (Å²) in [5.74, 6) is 2.89. The second-order valence-corrected chi connectivity index (χ2v) is 12.5. The van der Waals surface area contributed by atoms with Crippen LogP contribution < -0.4 is 0 Å². The molecule has 0 amide bonds. The molecule has 0 N–H and O–H groups in total. The Morgan fingerprint density at radius 1 is 0.452 bits per heavy atom. The molecule has 6 atom stereocenters. The first kappa shape index (κ1) is 24.2. The lowest BCUT2D eigenvalue weighted by Gasteiger charge is -2.08. The Balaban J connectivity index is 0.000000119. The lowest BCUT2D eigenvalue weighted by Crippen LogP contribution is -2.08. The predicted molar refractivity (Wildman–Crippen MR) is 165 cm³/mol. The first-order valence-electron chi connectivity index (χ1n) is 15.3. The van der Waals surface area contributed by atoms with E-state index in [0.717, 1.165) is 35.1 Å². The molecule has 4 nitrogen and oxygen atoms in total. The molecular formula is C38H32N4. The van der Waals surface area contributed by atoms with E-state index in [2.05, 4.69) is 107 Å². The molecular weight excluding hydrogens is 512 g/mol. The van der Waals surface area contributed by atoms with Crippen molar-refractivity contribution in [2.24, 2.45) is 23.7 Å². The van der Waals surface area contributed by atoms with E-state index in [1.54, 1.807) is 0 Å². The normalized spacial score (nSPS) is 31.7. The van der Waals surface area contributed by atoms with Crippen LogP contribution in [-0.2, 0) is 10.8 Å². The summed E-state index contributed by atoms with van der Waals surface area (Å²) in [6.45, 7) is 0. The summed E-state index contributed by atoms with van der Waals surface area (Å²) in [5.41, 5.74) is 9.97. The average molecular weight is 545 g/mol. The quantitative estimate of drug-likeness (QED) is 0.245. The molecule has 0 radical (unpaired) electrons. The molecule has 2 spiro atoms. The van der Waals surface area contributed by atoms with Gasteiger partial charge in [-0.15, -0.1) is 0 Å². The summed E-state index contributed by atoms with van der Waals surface area (Å²) in [5, 5.41) is 0. The molecule has 0 aliphatic heterocycles. The Labute approximate surface area is 246 Å². The van der Waals surface area contributed by atoms with Gasteiger partial charge in [0.05, 0.1) is 22.8 Å². The maximum absolute atomic E-state index is 4.73. The summed E-state index contributed by atoms with van der Waals surface area (Å²) in [7, 11) is 0. The van der Waals surface area contributed by atoms with Crippen LogP contribution in [0.3, 0.4) is 0 Å². The minimum atomic E-state index is 0.151. The second-order valence-electron chi connectivity index (χ2n) is 12.5. The van der Waals surface area contributed by atoms with Gasteiger partial charge in [0.2, 0.25) is 0 Å². The number of hydrogen-bond acceptors (Lipinski definition) is 4. The van der Waals surface area contributed by atoms with Gasteiger partial charge in [-0.2, -0.15) is 0 Å². The number of rotatable bonds is 2. The molecule has 6 aliphatic rings. The molecule has 0 saturated heterocycles. The van der Waals surface area contributed by atoms with E-state index in [1.807, 2.05) is 24.8 Å². The molecule has 2 fully saturated rings. The van der Waals surface area contributed by atoms with Gasteiger partial charge in [-0.3, -0.25) is 19.9 Å². The summed E-state index contributed by atoms with van der Waals surface area (Å²) >= 11 is 0. The zero-order valence-electron chi connectivity index (χ0n) is 23.5. The topological polar surface area (TPSA) is 51.6 Å². The highest BCUT2D eigenvalue weighted by Gasteiger charge is 2.68. The van der Waals surface area contributed by atoms with Crippen molar-refractivity contribution in [2.75, 3.05) is 0 Å². The van der Waals surface area contributed by atoms with Crippen molar-refractivity contribution in [2.45, 2.75) is 36.5 Å². The number of allylic oxidation sites excluding steroid dienone is 6. The van der Waals surface area contributed by atoms with Gasteiger partial charge < -0.3 is 0 Å². The molecule has 4 heteroatoms. The van der Waals surface area contributed by atoms with Crippen molar-refractivity contribution < 1.29 is 0 Å². The van der Waals surface area contributed by atoms with Crippen LogP contribution in [0, 0.1) is 23.7 Å². The Kier molecular flexibility index (Phi) is 5.20. The van der Waals surface area contributed by atoms with Gasteiger partial charge in [-0.1, -0.05) is 97.1 Å². The van der Waals surface area contributed by atoms with Crippen LogP contribution >= 0.6 is 0 Å². The Morgan fingerprint density at radius 2 is 0.810 bits per heavy atom. The highest BCUT2D eigenvalue weighted by Crippen LogP contribution is 2.70. The SMILES string of the molecule is C1=CC[C@H]2[C@@H](C1)C21C=C(c2ccccc2)c2nccnc21.C1=CC[C@H]2[C@@H](C1)C21C=C(c2ccccc2)c2nccnc21. The Morgan fingerprint density at radius 3 is 1.19 bits per heavy atom. The average Bonchev–Trinajstić information content (AvgIpc) is 3.80. The van der Waals surface area contributed by atoms with Crippen molar-refractivity contribution in [3.8, 4) is 0 Å². The van der Waals surface area contributed by atoms with E-state index in [0.29, 0.717) is 0 Å². The van der Waals surface area contributed by atoms with Gasteiger partial charge in [0.15, 0.2) is 0 Å². The smallest absolute Gasteiger partial charge is 0.0929 e. The molecule has 2 heterocycles. The van der Waals surface area contributed by atoms with Gasteiger partial charge in [0.25, 0.3) is 0 Å². The molecule has 0 bridgehead atoms. The van der Waals surface area contributed by atoms with Crippen LogP contribution in [-0.4, -0.2) is 19.9 Å². The van der Waals surface area contributed by atoms with Crippen molar-refractivity contribution >= 4 is 11.1 Å². The zero-order valence-corrected chi connectivity index (χ0v) is 23.5.